The Labute approximate surface area is 151 Å². The molecule has 6 heteroatoms. The Balaban J connectivity index is 1.65. The molecule has 1 heterocycles. The molecule has 136 valence electrons. The number of carbonyl (C=O) groups is 2. The molecule has 0 aliphatic carbocycles. The van der Waals surface area contributed by atoms with E-state index in [0.29, 0.717) is 30.6 Å². The predicted octanol–water partition coefficient (Wildman–Crippen LogP) is 2.30. The van der Waals surface area contributed by atoms with Crippen molar-refractivity contribution in [3.05, 3.63) is 71.0 Å². The van der Waals surface area contributed by atoms with Crippen molar-refractivity contribution in [1.29, 1.82) is 0 Å². The fourth-order valence-corrected chi connectivity index (χ4v) is 3.17. The van der Waals surface area contributed by atoms with Crippen LogP contribution in [-0.2, 0) is 6.61 Å². The number of aliphatic hydroxyl groups is 1. The van der Waals surface area contributed by atoms with Crippen LogP contribution in [0.4, 0.5) is 4.39 Å². The van der Waals surface area contributed by atoms with Gasteiger partial charge in [-0.1, -0.05) is 18.2 Å². The fourth-order valence-electron chi connectivity index (χ4n) is 3.17. The first-order valence-electron chi connectivity index (χ1n) is 8.51. The van der Waals surface area contributed by atoms with Crippen LogP contribution < -0.4 is 0 Å². The third-order valence-corrected chi connectivity index (χ3v) is 4.77. The third kappa shape index (κ3) is 3.75. The number of hydrogen-bond donors (Lipinski definition) is 1. The van der Waals surface area contributed by atoms with E-state index in [1.165, 1.54) is 18.2 Å². The van der Waals surface area contributed by atoms with E-state index in [4.69, 9.17) is 5.11 Å². The van der Waals surface area contributed by atoms with E-state index in [9.17, 15) is 14.0 Å². The summed E-state index contributed by atoms with van der Waals surface area (Å²) in [6.07, 6.45) is 0.679. The maximum Gasteiger partial charge on any atom is 0.254 e. The van der Waals surface area contributed by atoms with Crippen LogP contribution in [0.2, 0.25) is 0 Å². The molecule has 0 bridgehead atoms. The van der Waals surface area contributed by atoms with Gasteiger partial charge in [-0.25, -0.2) is 4.39 Å². The summed E-state index contributed by atoms with van der Waals surface area (Å²) in [6, 6.07) is 12.4. The van der Waals surface area contributed by atoms with Crippen molar-refractivity contribution in [2.75, 3.05) is 20.1 Å². The number of rotatable bonds is 4. The highest BCUT2D eigenvalue weighted by molar-refractivity contribution is 5.95. The minimum atomic E-state index is -0.446. The number of aliphatic hydroxyl groups excluding tert-OH is 1. The molecule has 1 N–H and O–H groups in total. The largest absolute Gasteiger partial charge is 0.392 e. The van der Waals surface area contributed by atoms with E-state index < -0.39 is 5.82 Å². The van der Waals surface area contributed by atoms with Crippen molar-refractivity contribution < 1.29 is 19.1 Å². The zero-order chi connectivity index (χ0) is 18.7. The molecule has 1 saturated heterocycles. The summed E-state index contributed by atoms with van der Waals surface area (Å²) >= 11 is 0. The summed E-state index contributed by atoms with van der Waals surface area (Å²) in [7, 11) is 1.68. The molecular weight excluding hydrogens is 335 g/mol. The number of carbonyl (C=O) groups excluding carboxylic acids is 2. The van der Waals surface area contributed by atoms with Crippen molar-refractivity contribution in [3.8, 4) is 0 Å². The highest BCUT2D eigenvalue weighted by atomic mass is 19.1. The first kappa shape index (κ1) is 18.1. The van der Waals surface area contributed by atoms with Gasteiger partial charge in [0.25, 0.3) is 11.8 Å². The van der Waals surface area contributed by atoms with Gasteiger partial charge in [0.2, 0.25) is 0 Å². The number of benzene rings is 2. The second-order valence-electron chi connectivity index (χ2n) is 6.48. The number of likely N-dealkylation sites (N-methyl/N-ethyl adjacent to an activating group) is 1. The molecule has 2 aromatic carbocycles. The van der Waals surface area contributed by atoms with Crippen molar-refractivity contribution in [1.82, 2.24) is 9.80 Å². The number of nitrogens with zero attached hydrogens (tertiary/aromatic N) is 2. The number of amides is 2. The maximum atomic E-state index is 13.3. The van der Waals surface area contributed by atoms with E-state index in [1.54, 1.807) is 47.2 Å². The Morgan fingerprint density at radius 3 is 2.58 bits per heavy atom. The zero-order valence-electron chi connectivity index (χ0n) is 14.6. The van der Waals surface area contributed by atoms with Crippen LogP contribution in [0, 0.1) is 5.82 Å². The Hall–Kier alpha value is -2.73. The van der Waals surface area contributed by atoms with E-state index in [-0.39, 0.29) is 24.5 Å². The molecule has 1 fully saturated rings. The molecule has 1 atom stereocenters. The smallest absolute Gasteiger partial charge is 0.254 e. The van der Waals surface area contributed by atoms with Crippen LogP contribution in [0.1, 0.15) is 32.7 Å². The molecule has 26 heavy (non-hydrogen) atoms. The summed E-state index contributed by atoms with van der Waals surface area (Å²) in [5.74, 6) is -0.793. The van der Waals surface area contributed by atoms with Gasteiger partial charge in [-0.05, 0) is 42.3 Å². The van der Waals surface area contributed by atoms with Gasteiger partial charge in [0.15, 0.2) is 0 Å². The minimum absolute atomic E-state index is 0.0623. The van der Waals surface area contributed by atoms with E-state index >= 15 is 0 Å². The van der Waals surface area contributed by atoms with Gasteiger partial charge in [0.05, 0.1) is 12.6 Å². The SMILES string of the molecule is CN(C(=O)c1cccc(F)c1)C1CCN(C(=O)c2ccc(CO)cc2)C1. The first-order chi connectivity index (χ1) is 12.5. The summed E-state index contributed by atoms with van der Waals surface area (Å²) in [5, 5.41) is 9.08. The Morgan fingerprint density at radius 2 is 1.92 bits per heavy atom. The zero-order valence-corrected chi connectivity index (χ0v) is 14.6. The van der Waals surface area contributed by atoms with Crippen LogP contribution in [0.5, 0.6) is 0 Å². The van der Waals surface area contributed by atoms with Gasteiger partial charge >= 0.3 is 0 Å². The van der Waals surface area contributed by atoms with Gasteiger partial charge in [-0.15, -0.1) is 0 Å². The average Bonchev–Trinajstić information content (AvgIpc) is 3.16. The molecule has 0 radical (unpaired) electrons. The molecule has 1 aliphatic rings. The van der Waals surface area contributed by atoms with E-state index in [0.717, 1.165) is 5.56 Å². The number of likely N-dealkylation sites (tertiary alicyclic amines) is 1. The standard InChI is InChI=1S/C20H21FN2O3/c1-22(19(25)16-3-2-4-17(21)11-16)18-9-10-23(12-18)20(26)15-7-5-14(13-24)6-8-15/h2-8,11,18,24H,9-10,12-13H2,1H3. The summed E-state index contributed by atoms with van der Waals surface area (Å²) in [6.45, 7) is 0.942. The molecule has 0 saturated carbocycles. The van der Waals surface area contributed by atoms with Gasteiger partial charge < -0.3 is 14.9 Å². The summed E-state index contributed by atoms with van der Waals surface area (Å²) in [5.41, 5.74) is 1.61. The second kappa shape index (κ2) is 7.66. The maximum absolute atomic E-state index is 13.3. The lowest BCUT2D eigenvalue weighted by Gasteiger charge is -2.25. The predicted molar refractivity (Wildman–Crippen MR) is 95.2 cm³/mol. The second-order valence-corrected chi connectivity index (χ2v) is 6.48. The van der Waals surface area contributed by atoms with Gasteiger partial charge in [0, 0.05) is 31.3 Å². The van der Waals surface area contributed by atoms with Gasteiger partial charge in [-0.3, -0.25) is 9.59 Å². The van der Waals surface area contributed by atoms with Crippen molar-refractivity contribution >= 4 is 11.8 Å². The monoisotopic (exact) mass is 356 g/mol. The minimum Gasteiger partial charge on any atom is -0.392 e. The molecule has 5 nitrogen and oxygen atoms in total. The third-order valence-electron chi connectivity index (χ3n) is 4.77. The average molecular weight is 356 g/mol. The Kier molecular flexibility index (Phi) is 5.32. The lowest BCUT2D eigenvalue weighted by atomic mass is 10.1. The molecule has 1 aliphatic heterocycles. The van der Waals surface area contributed by atoms with Crippen molar-refractivity contribution in [2.24, 2.45) is 0 Å². The fraction of sp³-hybridized carbons (Fsp3) is 0.300. The summed E-state index contributed by atoms with van der Waals surface area (Å²) in [4.78, 5) is 28.4. The quantitative estimate of drug-likeness (QED) is 0.914. The molecule has 0 spiro atoms. The van der Waals surface area contributed by atoms with Gasteiger partial charge in [0.1, 0.15) is 5.82 Å². The topological polar surface area (TPSA) is 60.9 Å². The molecule has 1 unspecified atom stereocenters. The van der Waals surface area contributed by atoms with Crippen LogP contribution >= 0.6 is 0 Å². The molecule has 0 aromatic heterocycles. The van der Waals surface area contributed by atoms with Gasteiger partial charge in [-0.2, -0.15) is 0 Å². The van der Waals surface area contributed by atoms with E-state index in [2.05, 4.69) is 0 Å². The lowest BCUT2D eigenvalue weighted by molar-refractivity contribution is 0.0700. The highest BCUT2D eigenvalue weighted by Crippen LogP contribution is 2.19. The van der Waals surface area contributed by atoms with Crippen LogP contribution in [0.3, 0.4) is 0 Å². The normalized spacial score (nSPS) is 16.6. The Bertz CT molecular complexity index is 807. The highest BCUT2D eigenvalue weighted by Gasteiger charge is 2.31. The van der Waals surface area contributed by atoms with Crippen LogP contribution in [-0.4, -0.2) is 52.9 Å². The molecule has 3 rings (SSSR count). The van der Waals surface area contributed by atoms with E-state index in [1.807, 2.05) is 0 Å². The first-order valence-corrected chi connectivity index (χ1v) is 8.51. The van der Waals surface area contributed by atoms with Crippen molar-refractivity contribution in [2.45, 2.75) is 19.1 Å². The van der Waals surface area contributed by atoms with Crippen LogP contribution in [0.25, 0.3) is 0 Å². The summed E-state index contributed by atoms with van der Waals surface area (Å²) < 4.78 is 13.3. The Morgan fingerprint density at radius 1 is 1.19 bits per heavy atom. The molecule has 2 aromatic rings. The number of hydrogen-bond acceptors (Lipinski definition) is 3. The molecule has 2 amide bonds. The van der Waals surface area contributed by atoms with Crippen LogP contribution in [0.15, 0.2) is 48.5 Å². The molecular formula is C20H21FN2O3. The lowest BCUT2D eigenvalue weighted by Crippen LogP contribution is -2.40. The van der Waals surface area contributed by atoms with Crippen molar-refractivity contribution in [3.63, 3.8) is 0 Å². The number of halogens is 1.